The van der Waals surface area contributed by atoms with E-state index in [4.69, 9.17) is 9.47 Å². The molecule has 22 heavy (non-hydrogen) atoms. The van der Waals surface area contributed by atoms with Crippen molar-refractivity contribution in [1.29, 1.82) is 0 Å². The van der Waals surface area contributed by atoms with Crippen LogP contribution in [0.5, 0.6) is 11.8 Å². The minimum absolute atomic E-state index is 0. The predicted octanol–water partition coefficient (Wildman–Crippen LogP) is 2.83. The number of methoxy groups -OCH3 is 1. The predicted molar refractivity (Wildman–Crippen MR) is 89.0 cm³/mol. The molecule has 6 heteroatoms. The second-order valence-corrected chi connectivity index (χ2v) is 5.36. The smallest absolute Gasteiger partial charge is 0.278 e. The maximum absolute atomic E-state index is 5.82. The summed E-state index contributed by atoms with van der Waals surface area (Å²) in [6.07, 6.45) is 3.51. The van der Waals surface area contributed by atoms with Crippen LogP contribution in [0.25, 0.3) is 11.0 Å². The summed E-state index contributed by atoms with van der Waals surface area (Å²) in [6.45, 7) is 2.89. The zero-order chi connectivity index (χ0) is 14.5. The molecule has 1 fully saturated rings. The number of nitrogens with zero attached hydrogens (tertiary/aromatic N) is 2. The van der Waals surface area contributed by atoms with E-state index in [-0.39, 0.29) is 12.4 Å². The summed E-state index contributed by atoms with van der Waals surface area (Å²) in [6, 6.07) is 7.74. The highest BCUT2D eigenvalue weighted by molar-refractivity contribution is 5.85. The van der Waals surface area contributed by atoms with Gasteiger partial charge in [-0.25, -0.2) is 9.97 Å². The van der Waals surface area contributed by atoms with Crippen molar-refractivity contribution < 1.29 is 9.47 Å². The normalized spacial score (nSPS) is 15.3. The quantitative estimate of drug-likeness (QED) is 0.917. The van der Waals surface area contributed by atoms with E-state index in [1.807, 2.05) is 24.3 Å². The molecule has 0 saturated carbocycles. The van der Waals surface area contributed by atoms with Gasteiger partial charge in [-0.1, -0.05) is 12.1 Å². The molecule has 2 aromatic rings. The molecule has 5 nitrogen and oxygen atoms in total. The number of ether oxygens (including phenoxy) is 2. The Morgan fingerprint density at radius 3 is 2.36 bits per heavy atom. The summed E-state index contributed by atoms with van der Waals surface area (Å²) in [5, 5.41) is 3.38. The number of rotatable bonds is 5. The van der Waals surface area contributed by atoms with Crippen LogP contribution in [0.2, 0.25) is 0 Å². The summed E-state index contributed by atoms with van der Waals surface area (Å²) in [5.74, 6) is 1.69. The molecule has 1 N–H and O–H groups in total. The topological polar surface area (TPSA) is 56.3 Å². The Bertz CT molecular complexity index is 603. The van der Waals surface area contributed by atoms with Crippen LogP contribution < -0.4 is 14.8 Å². The highest BCUT2D eigenvalue weighted by Crippen LogP contribution is 2.26. The van der Waals surface area contributed by atoms with Crippen molar-refractivity contribution in [2.45, 2.75) is 19.3 Å². The Balaban J connectivity index is 0.00000176. The van der Waals surface area contributed by atoms with E-state index < -0.39 is 0 Å². The van der Waals surface area contributed by atoms with Crippen LogP contribution >= 0.6 is 12.4 Å². The first-order valence-corrected chi connectivity index (χ1v) is 7.51. The molecule has 1 aromatic heterocycles. The van der Waals surface area contributed by atoms with E-state index in [2.05, 4.69) is 15.3 Å². The minimum Gasteiger partial charge on any atom is -0.477 e. The fourth-order valence-electron chi connectivity index (χ4n) is 2.69. The molecule has 0 unspecified atom stereocenters. The van der Waals surface area contributed by atoms with Crippen molar-refractivity contribution >= 4 is 23.4 Å². The van der Waals surface area contributed by atoms with Gasteiger partial charge in [0, 0.05) is 0 Å². The van der Waals surface area contributed by atoms with E-state index in [0.29, 0.717) is 18.4 Å². The Morgan fingerprint density at radius 2 is 1.73 bits per heavy atom. The third kappa shape index (κ3) is 3.99. The number of aromatic nitrogens is 2. The molecule has 0 amide bonds. The van der Waals surface area contributed by atoms with Crippen LogP contribution in [0, 0.1) is 5.92 Å². The summed E-state index contributed by atoms with van der Waals surface area (Å²) < 4.78 is 11.1. The average Bonchev–Trinajstić information content (AvgIpc) is 2.55. The van der Waals surface area contributed by atoms with Gasteiger partial charge in [0.2, 0.25) is 0 Å². The lowest BCUT2D eigenvalue weighted by molar-refractivity contribution is 0.234. The van der Waals surface area contributed by atoms with E-state index >= 15 is 0 Å². The van der Waals surface area contributed by atoms with Crippen LogP contribution in [-0.2, 0) is 0 Å². The molecular weight excluding hydrogens is 302 g/mol. The summed E-state index contributed by atoms with van der Waals surface area (Å²) in [4.78, 5) is 8.95. The Kier molecular flexibility index (Phi) is 6.21. The first kappa shape index (κ1) is 16.8. The van der Waals surface area contributed by atoms with Crippen molar-refractivity contribution in [2.24, 2.45) is 5.92 Å². The molecule has 0 spiro atoms. The fraction of sp³-hybridized carbons (Fsp3) is 0.500. The van der Waals surface area contributed by atoms with Crippen molar-refractivity contribution in [1.82, 2.24) is 15.3 Å². The van der Waals surface area contributed by atoms with Crippen molar-refractivity contribution in [3.8, 4) is 11.8 Å². The highest BCUT2D eigenvalue weighted by Gasteiger charge is 2.15. The summed E-state index contributed by atoms with van der Waals surface area (Å²) >= 11 is 0. The average molecular weight is 324 g/mol. The van der Waals surface area contributed by atoms with Gasteiger partial charge in [-0.15, -0.1) is 12.4 Å². The number of nitrogens with one attached hydrogen (secondary N) is 1. The van der Waals surface area contributed by atoms with Gasteiger partial charge >= 0.3 is 0 Å². The second-order valence-electron chi connectivity index (χ2n) is 5.36. The second kappa shape index (κ2) is 8.15. The number of para-hydroxylation sites is 2. The van der Waals surface area contributed by atoms with Crippen LogP contribution in [0.3, 0.4) is 0 Å². The van der Waals surface area contributed by atoms with Gasteiger partial charge in [-0.3, -0.25) is 0 Å². The van der Waals surface area contributed by atoms with Crippen molar-refractivity contribution in [3.05, 3.63) is 24.3 Å². The van der Waals surface area contributed by atoms with Gasteiger partial charge in [-0.05, 0) is 50.4 Å². The maximum Gasteiger partial charge on any atom is 0.278 e. The number of hydrogen-bond donors (Lipinski definition) is 1. The van der Waals surface area contributed by atoms with Crippen LogP contribution in [0.15, 0.2) is 24.3 Å². The maximum atomic E-state index is 5.82. The molecule has 3 rings (SSSR count). The standard InChI is InChI=1S/C16H21N3O2.ClH/c1-20-15-16(19-14-5-3-2-4-13(14)18-15)21-11-8-12-6-9-17-10-7-12;/h2-5,12,17H,6-11H2,1H3;1H. The molecule has 1 saturated heterocycles. The summed E-state index contributed by atoms with van der Waals surface area (Å²) in [5.41, 5.74) is 1.65. The van der Waals surface area contributed by atoms with Gasteiger partial charge in [-0.2, -0.15) is 0 Å². The highest BCUT2D eigenvalue weighted by atomic mass is 35.5. The van der Waals surface area contributed by atoms with E-state index in [9.17, 15) is 0 Å². The first-order valence-electron chi connectivity index (χ1n) is 7.51. The van der Waals surface area contributed by atoms with Gasteiger partial charge in [0.15, 0.2) is 0 Å². The molecular formula is C16H22ClN3O2. The Labute approximate surface area is 136 Å². The molecule has 120 valence electrons. The van der Waals surface area contributed by atoms with E-state index in [0.717, 1.165) is 36.5 Å². The number of piperidine rings is 1. The number of halogens is 1. The number of benzene rings is 1. The SMILES string of the molecule is COc1nc2ccccc2nc1OCCC1CCNCC1.Cl. The molecule has 1 aliphatic heterocycles. The number of fused-ring (bicyclic) bond motifs is 1. The van der Waals surface area contributed by atoms with Crippen LogP contribution in [0.4, 0.5) is 0 Å². The zero-order valence-corrected chi connectivity index (χ0v) is 13.6. The molecule has 0 bridgehead atoms. The molecule has 0 radical (unpaired) electrons. The van der Waals surface area contributed by atoms with E-state index in [1.165, 1.54) is 12.8 Å². The summed E-state index contributed by atoms with van der Waals surface area (Å²) in [7, 11) is 1.60. The monoisotopic (exact) mass is 323 g/mol. The van der Waals surface area contributed by atoms with Crippen molar-refractivity contribution in [3.63, 3.8) is 0 Å². The lowest BCUT2D eigenvalue weighted by Crippen LogP contribution is -2.28. The van der Waals surface area contributed by atoms with Crippen LogP contribution in [0.1, 0.15) is 19.3 Å². The van der Waals surface area contributed by atoms with Gasteiger partial charge in [0.25, 0.3) is 11.8 Å². The van der Waals surface area contributed by atoms with Crippen molar-refractivity contribution in [2.75, 3.05) is 26.8 Å². The third-order valence-electron chi connectivity index (χ3n) is 3.93. The lowest BCUT2D eigenvalue weighted by Gasteiger charge is -2.22. The third-order valence-corrected chi connectivity index (χ3v) is 3.93. The Hall–Kier alpha value is -1.59. The number of hydrogen-bond acceptors (Lipinski definition) is 5. The van der Waals surface area contributed by atoms with Gasteiger partial charge in [0.1, 0.15) is 0 Å². The lowest BCUT2D eigenvalue weighted by atomic mass is 9.95. The zero-order valence-electron chi connectivity index (χ0n) is 12.7. The molecule has 1 aromatic carbocycles. The largest absolute Gasteiger partial charge is 0.477 e. The van der Waals surface area contributed by atoms with Gasteiger partial charge in [0.05, 0.1) is 24.8 Å². The fourth-order valence-corrected chi connectivity index (χ4v) is 2.69. The van der Waals surface area contributed by atoms with Crippen LogP contribution in [-0.4, -0.2) is 36.8 Å². The van der Waals surface area contributed by atoms with Gasteiger partial charge < -0.3 is 14.8 Å². The molecule has 0 atom stereocenters. The molecule has 2 heterocycles. The first-order chi connectivity index (χ1) is 10.4. The minimum atomic E-state index is 0. The van der Waals surface area contributed by atoms with E-state index in [1.54, 1.807) is 7.11 Å². The molecule has 0 aliphatic carbocycles. The Morgan fingerprint density at radius 1 is 1.09 bits per heavy atom. The molecule has 1 aliphatic rings.